The molecule has 2 heterocycles. The number of rotatable bonds is 3. The zero-order chi connectivity index (χ0) is 12.3. The third-order valence-electron chi connectivity index (χ3n) is 2.59. The lowest BCUT2D eigenvalue weighted by Gasteiger charge is -2.29. The van der Waals surface area contributed by atoms with Crippen LogP contribution < -0.4 is 5.73 Å². The first-order valence-corrected chi connectivity index (χ1v) is 6.66. The third-order valence-corrected chi connectivity index (χ3v) is 3.57. The van der Waals surface area contributed by atoms with Crippen molar-refractivity contribution in [2.24, 2.45) is 0 Å². The SMILES string of the molecule is Cc1cc(N)nc(SCC2CN(C)CCO2)n1. The minimum atomic E-state index is 0.254. The first-order chi connectivity index (χ1) is 8.13. The van der Waals surface area contributed by atoms with Crippen LogP contribution in [0.2, 0.25) is 0 Å². The van der Waals surface area contributed by atoms with E-state index in [0.717, 1.165) is 36.3 Å². The van der Waals surface area contributed by atoms with Crippen LogP contribution in [0.4, 0.5) is 5.82 Å². The minimum absolute atomic E-state index is 0.254. The van der Waals surface area contributed by atoms with E-state index in [4.69, 9.17) is 10.5 Å². The van der Waals surface area contributed by atoms with E-state index in [-0.39, 0.29) is 6.10 Å². The predicted octanol–water partition coefficient (Wildman–Crippen LogP) is 0.790. The lowest BCUT2D eigenvalue weighted by molar-refractivity contribution is -0.00600. The molecule has 1 atom stereocenters. The third kappa shape index (κ3) is 3.83. The highest BCUT2D eigenvalue weighted by Gasteiger charge is 2.18. The number of aryl methyl sites for hydroxylation is 1. The Bertz CT molecular complexity index is 367. The molecule has 6 heteroatoms. The minimum Gasteiger partial charge on any atom is -0.384 e. The molecule has 1 aromatic heterocycles. The summed E-state index contributed by atoms with van der Waals surface area (Å²) in [5, 5.41) is 0.735. The van der Waals surface area contributed by atoms with Gasteiger partial charge in [-0.1, -0.05) is 11.8 Å². The maximum absolute atomic E-state index is 5.69. The molecule has 1 fully saturated rings. The van der Waals surface area contributed by atoms with Crippen molar-refractivity contribution in [3.05, 3.63) is 11.8 Å². The Morgan fingerprint density at radius 3 is 3.12 bits per heavy atom. The van der Waals surface area contributed by atoms with Crippen molar-refractivity contribution in [2.75, 3.05) is 38.2 Å². The van der Waals surface area contributed by atoms with E-state index in [1.165, 1.54) is 0 Å². The zero-order valence-electron chi connectivity index (χ0n) is 10.2. The van der Waals surface area contributed by atoms with Crippen LogP contribution in [0, 0.1) is 6.92 Å². The van der Waals surface area contributed by atoms with Crippen LogP contribution in [-0.4, -0.2) is 53.5 Å². The summed E-state index contributed by atoms with van der Waals surface area (Å²) in [5.41, 5.74) is 6.59. The van der Waals surface area contributed by atoms with Crippen LogP contribution in [-0.2, 0) is 4.74 Å². The Morgan fingerprint density at radius 2 is 2.41 bits per heavy atom. The molecule has 1 aliphatic rings. The molecule has 0 aromatic carbocycles. The number of aromatic nitrogens is 2. The molecule has 1 unspecified atom stereocenters. The van der Waals surface area contributed by atoms with Gasteiger partial charge in [0.2, 0.25) is 0 Å². The smallest absolute Gasteiger partial charge is 0.189 e. The van der Waals surface area contributed by atoms with Gasteiger partial charge in [0.1, 0.15) is 5.82 Å². The van der Waals surface area contributed by atoms with Crippen molar-refractivity contribution in [2.45, 2.75) is 18.2 Å². The van der Waals surface area contributed by atoms with Crippen molar-refractivity contribution in [1.82, 2.24) is 14.9 Å². The summed E-state index contributed by atoms with van der Waals surface area (Å²) in [6.07, 6.45) is 0.254. The molecule has 1 aliphatic heterocycles. The van der Waals surface area contributed by atoms with E-state index in [9.17, 15) is 0 Å². The van der Waals surface area contributed by atoms with Gasteiger partial charge in [0.25, 0.3) is 0 Å². The van der Waals surface area contributed by atoms with Gasteiger partial charge in [0.15, 0.2) is 5.16 Å². The van der Waals surface area contributed by atoms with E-state index in [1.807, 2.05) is 6.92 Å². The summed E-state index contributed by atoms with van der Waals surface area (Å²) in [6.45, 7) is 4.70. The van der Waals surface area contributed by atoms with E-state index in [0.29, 0.717) is 5.82 Å². The van der Waals surface area contributed by atoms with Gasteiger partial charge < -0.3 is 15.4 Å². The molecule has 1 saturated heterocycles. The van der Waals surface area contributed by atoms with E-state index in [1.54, 1.807) is 17.8 Å². The van der Waals surface area contributed by atoms with Crippen LogP contribution in [0.5, 0.6) is 0 Å². The monoisotopic (exact) mass is 254 g/mol. The van der Waals surface area contributed by atoms with Crippen molar-refractivity contribution >= 4 is 17.6 Å². The summed E-state index contributed by atoms with van der Waals surface area (Å²) < 4.78 is 5.68. The second kappa shape index (κ2) is 5.66. The number of hydrogen-bond donors (Lipinski definition) is 1. The molecule has 0 spiro atoms. The molecule has 0 aliphatic carbocycles. The number of ether oxygens (including phenoxy) is 1. The van der Waals surface area contributed by atoms with Gasteiger partial charge in [0.05, 0.1) is 12.7 Å². The number of hydrogen-bond acceptors (Lipinski definition) is 6. The molecule has 2 rings (SSSR count). The average Bonchev–Trinajstić information content (AvgIpc) is 2.25. The lowest BCUT2D eigenvalue weighted by atomic mass is 10.3. The van der Waals surface area contributed by atoms with Gasteiger partial charge in [-0.3, -0.25) is 0 Å². The molecule has 0 saturated carbocycles. The highest BCUT2D eigenvalue weighted by molar-refractivity contribution is 7.99. The van der Waals surface area contributed by atoms with E-state index in [2.05, 4.69) is 21.9 Å². The molecule has 0 bridgehead atoms. The summed E-state index contributed by atoms with van der Waals surface area (Å²) in [6, 6.07) is 1.77. The van der Waals surface area contributed by atoms with Crippen molar-refractivity contribution in [3.8, 4) is 0 Å². The van der Waals surface area contributed by atoms with Crippen LogP contribution in [0.25, 0.3) is 0 Å². The number of morpholine rings is 1. The van der Waals surface area contributed by atoms with Gasteiger partial charge in [-0.05, 0) is 14.0 Å². The highest BCUT2D eigenvalue weighted by atomic mass is 32.2. The maximum atomic E-state index is 5.69. The van der Waals surface area contributed by atoms with Crippen LogP contribution in [0.3, 0.4) is 0 Å². The quantitative estimate of drug-likeness (QED) is 0.635. The second-order valence-corrected chi connectivity index (χ2v) is 5.27. The Kier molecular flexibility index (Phi) is 4.20. The molecule has 0 amide bonds. The highest BCUT2D eigenvalue weighted by Crippen LogP contribution is 2.18. The topological polar surface area (TPSA) is 64.3 Å². The predicted molar refractivity (Wildman–Crippen MR) is 69.1 cm³/mol. The Hall–Kier alpha value is -0.850. The summed E-state index contributed by atoms with van der Waals surface area (Å²) in [7, 11) is 2.11. The second-order valence-electron chi connectivity index (χ2n) is 4.28. The standard InChI is InChI=1S/C11H18N4OS/c1-8-5-10(12)14-11(13-8)17-7-9-6-15(2)3-4-16-9/h5,9H,3-4,6-7H2,1-2H3,(H2,12,13,14). The maximum Gasteiger partial charge on any atom is 0.189 e. The number of nitrogen functional groups attached to an aromatic ring is 1. The van der Waals surface area contributed by atoms with Crippen LogP contribution >= 0.6 is 11.8 Å². The lowest BCUT2D eigenvalue weighted by Crippen LogP contribution is -2.41. The molecule has 2 N–H and O–H groups in total. The molecular weight excluding hydrogens is 236 g/mol. The first kappa shape index (κ1) is 12.6. The molecule has 0 radical (unpaired) electrons. The van der Waals surface area contributed by atoms with Crippen molar-refractivity contribution in [3.63, 3.8) is 0 Å². The zero-order valence-corrected chi connectivity index (χ0v) is 11.0. The van der Waals surface area contributed by atoms with Gasteiger partial charge in [-0.15, -0.1) is 0 Å². The number of nitrogens with two attached hydrogens (primary N) is 1. The largest absolute Gasteiger partial charge is 0.384 e. The van der Waals surface area contributed by atoms with Gasteiger partial charge >= 0.3 is 0 Å². The normalized spacial score (nSPS) is 21.6. The van der Waals surface area contributed by atoms with E-state index < -0.39 is 0 Å². The first-order valence-electron chi connectivity index (χ1n) is 5.67. The Balaban J connectivity index is 1.88. The van der Waals surface area contributed by atoms with Crippen LogP contribution in [0.15, 0.2) is 11.2 Å². The number of likely N-dealkylation sites (N-methyl/N-ethyl adjacent to an activating group) is 1. The fourth-order valence-corrected chi connectivity index (χ4v) is 2.68. The summed E-state index contributed by atoms with van der Waals surface area (Å²) >= 11 is 1.60. The molecule has 17 heavy (non-hydrogen) atoms. The molecule has 5 nitrogen and oxygen atoms in total. The summed E-state index contributed by atoms with van der Waals surface area (Å²) in [5.74, 6) is 1.40. The van der Waals surface area contributed by atoms with Crippen LogP contribution in [0.1, 0.15) is 5.69 Å². The fraction of sp³-hybridized carbons (Fsp3) is 0.636. The Labute approximate surface area is 106 Å². The average molecular weight is 254 g/mol. The molecular formula is C11H18N4OS. The number of nitrogens with zero attached hydrogens (tertiary/aromatic N) is 3. The van der Waals surface area contributed by atoms with Crippen molar-refractivity contribution < 1.29 is 4.74 Å². The van der Waals surface area contributed by atoms with Gasteiger partial charge in [0, 0.05) is 30.6 Å². The van der Waals surface area contributed by atoms with Gasteiger partial charge in [-0.2, -0.15) is 0 Å². The number of thioether (sulfide) groups is 1. The summed E-state index contributed by atoms with van der Waals surface area (Å²) in [4.78, 5) is 10.8. The molecule has 1 aromatic rings. The number of anilines is 1. The molecule has 94 valence electrons. The Morgan fingerprint density at radius 1 is 1.59 bits per heavy atom. The van der Waals surface area contributed by atoms with E-state index >= 15 is 0 Å². The fourth-order valence-electron chi connectivity index (χ4n) is 1.76. The van der Waals surface area contributed by atoms with Gasteiger partial charge in [-0.25, -0.2) is 9.97 Å². The van der Waals surface area contributed by atoms with Crippen molar-refractivity contribution in [1.29, 1.82) is 0 Å².